The van der Waals surface area contributed by atoms with Crippen LogP contribution in [0.2, 0.25) is 5.02 Å². The SMILES string of the molecule is FC(F)(F)c1cc(C(Br)C(F)(F)F)c(Cl)c(C(F)(F)F)c1. The minimum Gasteiger partial charge on any atom is -0.169 e. The predicted molar refractivity (Wildman–Crippen MR) is 59.2 cm³/mol. The Bertz CT molecular complexity index is 529. The maximum Gasteiger partial charge on any atom is 0.417 e. The fraction of sp³-hybridized carbons (Fsp3) is 0.400. The summed E-state index contributed by atoms with van der Waals surface area (Å²) in [6, 6.07) is -0.396. The van der Waals surface area contributed by atoms with Crippen LogP contribution in [-0.2, 0) is 12.4 Å². The molecular formula is C10H3BrClF9. The Morgan fingerprint density at radius 2 is 1.33 bits per heavy atom. The zero-order valence-corrected chi connectivity index (χ0v) is 11.7. The number of halogens is 11. The fourth-order valence-corrected chi connectivity index (χ4v) is 2.20. The number of hydrogen-bond acceptors (Lipinski definition) is 0. The van der Waals surface area contributed by atoms with E-state index in [1.807, 2.05) is 15.9 Å². The summed E-state index contributed by atoms with van der Waals surface area (Å²) in [4.78, 5) is -2.76. The summed E-state index contributed by atoms with van der Waals surface area (Å²) < 4.78 is 113. The molecule has 0 aliphatic rings. The monoisotopic (exact) mass is 408 g/mol. The van der Waals surface area contributed by atoms with Crippen molar-refractivity contribution in [2.45, 2.75) is 23.4 Å². The standard InChI is InChI=1S/C10H3BrClF9/c11-7(10(19,20)21)4-1-3(8(13,14)15)2-5(6(4)12)9(16,17)18/h1-2,7H. The summed E-state index contributed by atoms with van der Waals surface area (Å²) in [5.74, 6) is 0. The highest BCUT2D eigenvalue weighted by Gasteiger charge is 2.45. The Morgan fingerprint density at radius 3 is 1.67 bits per heavy atom. The number of rotatable bonds is 1. The molecule has 0 radical (unpaired) electrons. The summed E-state index contributed by atoms with van der Waals surface area (Å²) in [7, 11) is 0. The molecule has 0 bridgehead atoms. The van der Waals surface area contributed by atoms with E-state index in [2.05, 4.69) is 0 Å². The molecule has 0 N–H and O–H groups in total. The van der Waals surface area contributed by atoms with Crippen LogP contribution in [0.15, 0.2) is 12.1 Å². The summed E-state index contributed by atoms with van der Waals surface area (Å²) >= 11 is 7.21. The van der Waals surface area contributed by atoms with Crippen LogP contribution >= 0.6 is 27.5 Å². The Balaban J connectivity index is 3.65. The van der Waals surface area contributed by atoms with Crippen LogP contribution in [0.4, 0.5) is 39.5 Å². The van der Waals surface area contributed by atoms with Gasteiger partial charge in [-0.1, -0.05) is 27.5 Å². The van der Waals surface area contributed by atoms with Gasteiger partial charge in [0.25, 0.3) is 0 Å². The molecule has 21 heavy (non-hydrogen) atoms. The highest BCUT2D eigenvalue weighted by molar-refractivity contribution is 9.09. The maximum atomic E-state index is 12.6. The van der Waals surface area contributed by atoms with E-state index in [1.165, 1.54) is 0 Å². The maximum absolute atomic E-state index is 12.6. The van der Waals surface area contributed by atoms with Crippen LogP contribution in [0, 0.1) is 0 Å². The van der Waals surface area contributed by atoms with Crippen molar-refractivity contribution in [3.05, 3.63) is 33.8 Å². The van der Waals surface area contributed by atoms with Gasteiger partial charge in [-0.3, -0.25) is 0 Å². The Kier molecular flexibility index (Phi) is 4.85. The molecule has 0 aliphatic heterocycles. The first kappa shape index (κ1) is 18.4. The molecule has 0 aromatic heterocycles. The summed E-state index contributed by atoms with van der Waals surface area (Å²) in [5, 5.41) is -1.44. The van der Waals surface area contributed by atoms with E-state index in [-0.39, 0.29) is 12.1 Å². The van der Waals surface area contributed by atoms with Gasteiger partial charge in [0.1, 0.15) is 4.83 Å². The largest absolute Gasteiger partial charge is 0.417 e. The van der Waals surface area contributed by atoms with Gasteiger partial charge in [-0.2, -0.15) is 39.5 Å². The Hall–Kier alpha value is -0.640. The average molecular weight is 409 g/mol. The summed E-state index contributed by atoms with van der Waals surface area (Å²) in [5.41, 5.74) is -5.21. The minimum atomic E-state index is -5.33. The molecule has 1 aromatic carbocycles. The van der Waals surface area contributed by atoms with E-state index in [9.17, 15) is 39.5 Å². The topological polar surface area (TPSA) is 0 Å². The first-order valence-corrected chi connectivity index (χ1v) is 6.13. The molecule has 120 valence electrons. The van der Waals surface area contributed by atoms with Gasteiger partial charge in [0.15, 0.2) is 0 Å². The lowest BCUT2D eigenvalue weighted by Crippen LogP contribution is -2.19. The van der Waals surface area contributed by atoms with Crippen molar-refractivity contribution >= 4 is 27.5 Å². The number of benzene rings is 1. The lowest BCUT2D eigenvalue weighted by atomic mass is 10.0. The van der Waals surface area contributed by atoms with E-state index in [1.54, 1.807) is 0 Å². The van der Waals surface area contributed by atoms with Gasteiger partial charge in [-0.15, -0.1) is 0 Å². The van der Waals surface area contributed by atoms with Crippen LogP contribution in [-0.4, -0.2) is 6.18 Å². The molecule has 11 heteroatoms. The molecule has 1 aromatic rings. The summed E-state index contributed by atoms with van der Waals surface area (Å²) in [6.07, 6.45) is -15.7. The third-order valence-electron chi connectivity index (χ3n) is 2.29. The molecule has 0 spiro atoms. The molecular weight excluding hydrogens is 406 g/mol. The normalized spacial score (nSPS) is 15.2. The van der Waals surface area contributed by atoms with E-state index >= 15 is 0 Å². The van der Waals surface area contributed by atoms with Crippen LogP contribution in [0.1, 0.15) is 21.5 Å². The van der Waals surface area contributed by atoms with Crippen LogP contribution in [0.3, 0.4) is 0 Å². The highest BCUT2D eigenvalue weighted by atomic mass is 79.9. The van der Waals surface area contributed by atoms with Crippen molar-refractivity contribution in [2.24, 2.45) is 0 Å². The molecule has 0 fully saturated rings. The molecule has 1 atom stereocenters. The molecule has 0 aliphatic carbocycles. The van der Waals surface area contributed by atoms with Crippen LogP contribution < -0.4 is 0 Å². The lowest BCUT2D eigenvalue weighted by Gasteiger charge is -2.21. The zero-order valence-electron chi connectivity index (χ0n) is 9.39. The Morgan fingerprint density at radius 1 is 0.857 bits per heavy atom. The lowest BCUT2D eigenvalue weighted by molar-refractivity contribution is -0.144. The van der Waals surface area contributed by atoms with E-state index in [0.29, 0.717) is 0 Å². The first-order chi connectivity index (χ1) is 9.15. The van der Waals surface area contributed by atoms with E-state index in [0.717, 1.165) is 0 Å². The quantitative estimate of drug-likeness (QED) is 0.373. The van der Waals surface area contributed by atoms with Gasteiger partial charge in [0, 0.05) is 0 Å². The molecule has 0 saturated heterocycles. The molecule has 0 heterocycles. The van der Waals surface area contributed by atoms with Gasteiger partial charge < -0.3 is 0 Å². The molecule has 0 saturated carbocycles. The number of alkyl halides is 10. The fourth-order valence-electron chi connectivity index (χ4n) is 1.38. The second kappa shape index (κ2) is 5.53. The minimum absolute atomic E-state index is 0.0650. The highest BCUT2D eigenvalue weighted by Crippen LogP contribution is 2.48. The smallest absolute Gasteiger partial charge is 0.169 e. The van der Waals surface area contributed by atoms with Crippen molar-refractivity contribution in [3.8, 4) is 0 Å². The third-order valence-corrected chi connectivity index (χ3v) is 3.73. The molecule has 1 unspecified atom stereocenters. The third kappa shape index (κ3) is 4.18. The zero-order chi connectivity index (χ0) is 16.8. The molecule has 1 rings (SSSR count). The number of hydrogen-bond donors (Lipinski definition) is 0. The van der Waals surface area contributed by atoms with E-state index < -0.39 is 45.1 Å². The first-order valence-electron chi connectivity index (χ1n) is 4.84. The average Bonchev–Trinajstić information content (AvgIpc) is 2.23. The van der Waals surface area contributed by atoms with Gasteiger partial charge in [0.05, 0.1) is 16.1 Å². The van der Waals surface area contributed by atoms with Crippen molar-refractivity contribution < 1.29 is 39.5 Å². The van der Waals surface area contributed by atoms with Crippen molar-refractivity contribution in [1.29, 1.82) is 0 Å². The molecule has 0 amide bonds. The van der Waals surface area contributed by atoms with E-state index in [4.69, 9.17) is 11.6 Å². The summed E-state index contributed by atoms with van der Waals surface area (Å²) in [6.45, 7) is 0. The second-order valence-corrected chi connectivity index (χ2v) is 5.12. The second-order valence-electron chi connectivity index (χ2n) is 3.83. The van der Waals surface area contributed by atoms with Crippen molar-refractivity contribution in [1.82, 2.24) is 0 Å². The van der Waals surface area contributed by atoms with Gasteiger partial charge in [0.2, 0.25) is 0 Å². The van der Waals surface area contributed by atoms with Gasteiger partial charge >= 0.3 is 18.5 Å². The van der Waals surface area contributed by atoms with Gasteiger partial charge in [-0.25, -0.2) is 0 Å². The van der Waals surface area contributed by atoms with Crippen molar-refractivity contribution in [2.75, 3.05) is 0 Å². The molecule has 0 nitrogen and oxygen atoms in total. The van der Waals surface area contributed by atoms with Crippen molar-refractivity contribution in [3.63, 3.8) is 0 Å². The predicted octanol–water partition coefficient (Wildman–Crippen LogP) is 6.38. The van der Waals surface area contributed by atoms with Crippen LogP contribution in [0.5, 0.6) is 0 Å². The Labute approximate surface area is 125 Å². The van der Waals surface area contributed by atoms with Crippen LogP contribution in [0.25, 0.3) is 0 Å². The van der Waals surface area contributed by atoms with Gasteiger partial charge in [-0.05, 0) is 17.7 Å².